The van der Waals surface area contributed by atoms with E-state index in [4.69, 9.17) is 4.74 Å². The molecule has 1 aromatic carbocycles. The molecule has 1 atom stereocenters. The summed E-state index contributed by atoms with van der Waals surface area (Å²) in [6.45, 7) is 0. The molecule has 0 aromatic heterocycles. The van der Waals surface area contributed by atoms with Gasteiger partial charge in [0.05, 0.1) is 13.2 Å². The van der Waals surface area contributed by atoms with E-state index in [1.165, 1.54) is 19.3 Å². The quantitative estimate of drug-likeness (QED) is 0.912. The SMILES string of the molecule is COc1ccc(Br)cc1CC(O)C1CCCCC1. The lowest BCUT2D eigenvalue weighted by atomic mass is 9.83. The number of rotatable bonds is 4. The fourth-order valence-electron chi connectivity index (χ4n) is 2.82. The molecule has 0 bridgehead atoms. The third-order valence-electron chi connectivity index (χ3n) is 3.87. The molecule has 2 nitrogen and oxygen atoms in total. The lowest BCUT2D eigenvalue weighted by molar-refractivity contribution is 0.0845. The molecule has 0 saturated heterocycles. The highest BCUT2D eigenvalue weighted by Crippen LogP contribution is 2.30. The third kappa shape index (κ3) is 3.48. The predicted molar refractivity (Wildman–Crippen MR) is 77.0 cm³/mol. The van der Waals surface area contributed by atoms with E-state index in [0.29, 0.717) is 12.3 Å². The van der Waals surface area contributed by atoms with Gasteiger partial charge in [0.1, 0.15) is 5.75 Å². The van der Waals surface area contributed by atoms with Gasteiger partial charge in [-0.25, -0.2) is 0 Å². The van der Waals surface area contributed by atoms with E-state index in [1.807, 2.05) is 18.2 Å². The van der Waals surface area contributed by atoms with Crippen molar-refractivity contribution in [3.8, 4) is 5.75 Å². The number of halogens is 1. The van der Waals surface area contributed by atoms with Crippen molar-refractivity contribution in [2.24, 2.45) is 5.92 Å². The molecule has 1 aromatic rings. The average molecular weight is 313 g/mol. The van der Waals surface area contributed by atoms with Gasteiger partial charge in [0.15, 0.2) is 0 Å². The van der Waals surface area contributed by atoms with Crippen LogP contribution in [-0.4, -0.2) is 18.3 Å². The van der Waals surface area contributed by atoms with Crippen LogP contribution >= 0.6 is 15.9 Å². The van der Waals surface area contributed by atoms with Crippen molar-refractivity contribution in [3.63, 3.8) is 0 Å². The van der Waals surface area contributed by atoms with Crippen LogP contribution in [0.15, 0.2) is 22.7 Å². The molecule has 0 aliphatic heterocycles. The van der Waals surface area contributed by atoms with Crippen LogP contribution in [0.3, 0.4) is 0 Å². The Morgan fingerprint density at radius 3 is 2.72 bits per heavy atom. The van der Waals surface area contributed by atoms with Gasteiger partial charge >= 0.3 is 0 Å². The van der Waals surface area contributed by atoms with Gasteiger partial charge in [-0.1, -0.05) is 35.2 Å². The summed E-state index contributed by atoms with van der Waals surface area (Å²) in [5.74, 6) is 1.33. The van der Waals surface area contributed by atoms with E-state index < -0.39 is 0 Å². The average Bonchev–Trinajstić information content (AvgIpc) is 2.40. The Morgan fingerprint density at radius 1 is 1.33 bits per heavy atom. The normalized spacial score (nSPS) is 18.6. The van der Waals surface area contributed by atoms with Crippen LogP contribution < -0.4 is 4.74 Å². The number of hydrogen-bond acceptors (Lipinski definition) is 2. The molecule has 100 valence electrons. The fourth-order valence-corrected chi connectivity index (χ4v) is 3.23. The van der Waals surface area contributed by atoms with Crippen LogP contribution in [0.1, 0.15) is 37.7 Å². The number of hydrogen-bond donors (Lipinski definition) is 1. The molecule has 1 fully saturated rings. The van der Waals surface area contributed by atoms with Gasteiger partial charge in [-0.15, -0.1) is 0 Å². The molecular weight excluding hydrogens is 292 g/mol. The second kappa shape index (κ2) is 6.58. The van der Waals surface area contributed by atoms with Gasteiger partial charge in [0.2, 0.25) is 0 Å². The first kappa shape index (κ1) is 13.9. The maximum atomic E-state index is 10.4. The van der Waals surface area contributed by atoms with Gasteiger partial charge < -0.3 is 9.84 Å². The van der Waals surface area contributed by atoms with Crippen LogP contribution in [0, 0.1) is 5.92 Å². The van der Waals surface area contributed by atoms with Gasteiger partial charge in [0.25, 0.3) is 0 Å². The highest BCUT2D eigenvalue weighted by Gasteiger charge is 2.22. The second-order valence-corrected chi connectivity index (χ2v) is 6.04. The Bertz CT molecular complexity index is 386. The molecule has 1 unspecified atom stereocenters. The minimum Gasteiger partial charge on any atom is -0.496 e. The van der Waals surface area contributed by atoms with Gasteiger partial charge in [-0.2, -0.15) is 0 Å². The molecule has 1 N–H and O–H groups in total. The Kier molecular flexibility index (Phi) is 5.07. The summed E-state index contributed by atoms with van der Waals surface area (Å²) in [5.41, 5.74) is 1.09. The van der Waals surface area contributed by atoms with Crippen LogP contribution in [0.2, 0.25) is 0 Å². The number of methoxy groups -OCH3 is 1. The minimum atomic E-state index is -0.242. The van der Waals surface area contributed by atoms with Crippen molar-refractivity contribution in [3.05, 3.63) is 28.2 Å². The summed E-state index contributed by atoms with van der Waals surface area (Å²) in [6, 6.07) is 5.97. The first-order valence-corrected chi connectivity index (χ1v) is 7.50. The first-order valence-electron chi connectivity index (χ1n) is 6.71. The molecule has 1 aliphatic carbocycles. The Hall–Kier alpha value is -0.540. The zero-order valence-electron chi connectivity index (χ0n) is 10.9. The molecule has 1 aliphatic rings. The summed E-state index contributed by atoms with van der Waals surface area (Å²) in [4.78, 5) is 0. The van der Waals surface area contributed by atoms with Crippen LogP contribution in [-0.2, 0) is 6.42 Å². The van der Waals surface area contributed by atoms with E-state index in [2.05, 4.69) is 15.9 Å². The summed E-state index contributed by atoms with van der Waals surface area (Å²) in [6.07, 6.45) is 6.62. The van der Waals surface area contributed by atoms with Crippen LogP contribution in [0.5, 0.6) is 5.75 Å². The zero-order valence-corrected chi connectivity index (χ0v) is 12.4. The molecule has 1 saturated carbocycles. The predicted octanol–water partition coefficient (Wildman–Crippen LogP) is 3.94. The van der Waals surface area contributed by atoms with Crippen molar-refractivity contribution in [1.82, 2.24) is 0 Å². The summed E-state index contributed by atoms with van der Waals surface area (Å²) < 4.78 is 6.39. The molecule has 0 radical (unpaired) electrons. The molecule has 3 heteroatoms. The lowest BCUT2D eigenvalue weighted by Crippen LogP contribution is -2.25. The highest BCUT2D eigenvalue weighted by molar-refractivity contribution is 9.10. The summed E-state index contributed by atoms with van der Waals surface area (Å²) in [5, 5.41) is 10.4. The van der Waals surface area contributed by atoms with Crippen molar-refractivity contribution < 1.29 is 9.84 Å². The molecule has 0 spiro atoms. The number of benzene rings is 1. The summed E-state index contributed by atoms with van der Waals surface area (Å²) >= 11 is 3.47. The maximum absolute atomic E-state index is 10.4. The smallest absolute Gasteiger partial charge is 0.122 e. The van der Waals surface area contributed by atoms with Gasteiger partial charge in [0, 0.05) is 10.9 Å². The first-order chi connectivity index (χ1) is 8.70. The lowest BCUT2D eigenvalue weighted by Gasteiger charge is -2.27. The second-order valence-electron chi connectivity index (χ2n) is 5.13. The zero-order chi connectivity index (χ0) is 13.0. The van der Waals surface area contributed by atoms with E-state index in [1.54, 1.807) is 7.11 Å². The van der Waals surface area contributed by atoms with Crippen LogP contribution in [0.25, 0.3) is 0 Å². The standard InChI is InChI=1S/C15H21BrO2/c1-18-15-8-7-13(16)9-12(15)10-14(17)11-5-3-2-4-6-11/h7-9,11,14,17H,2-6,10H2,1H3. The summed E-state index contributed by atoms with van der Waals surface area (Å²) in [7, 11) is 1.68. The van der Waals surface area contributed by atoms with Crippen molar-refractivity contribution in [2.45, 2.75) is 44.6 Å². The van der Waals surface area contributed by atoms with E-state index in [0.717, 1.165) is 28.6 Å². The number of aliphatic hydroxyl groups is 1. The van der Waals surface area contributed by atoms with Crippen molar-refractivity contribution in [2.75, 3.05) is 7.11 Å². The van der Waals surface area contributed by atoms with Crippen molar-refractivity contribution in [1.29, 1.82) is 0 Å². The molecule has 0 amide bonds. The molecule has 18 heavy (non-hydrogen) atoms. The Balaban J connectivity index is 2.05. The van der Waals surface area contributed by atoms with E-state index in [-0.39, 0.29) is 6.10 Å². The molecule has 0 heterocycles. The van der Waals surface area contributed by atoms with Gasteiger partial charge in [-0.3, -0.25) is 0 Å². The fraction of sp³-hybridized carbons (Fsp3) is 0.600. The Labute approximate surface area is 117 Å². The van der Waals surface area contributed by atoms with Gasteiger partial charge in [-0.05, 0) is 42.5 Å². The minimum absolute atomic E-state index is 0.242. The van der Waals surface area contributed by atoms with E-state index >= 15 is 0 Å². The van der Waals surface area contributed by atoms with Crippen molar-refractivity contribution >= 4 is 15.9 Å². The third-order valence-corrected chi connectivity index (χ3v) is 4.36. The van der Waals surface area contributed by atoms with Crippen LogP contribution in [0.4, 0.5) is 0 Å². The number of ether oxygens (including phenoxy) is 1. The molecule has 2 rings (SSSR count). The largest absolute Gasteiger partial charge is 0.496 e. The van der Waals surface area contributed by atoms with E-state index in [9.17, 15) is 5.11 Å². The number of aliphatic hydroxyl groups excluding tert-OH is 1. The Morgan fingerprint density at radius 2 is 2.06 bits per heavy atom. The molecular formula is C15H21BrO2. The topological polar surface area (TPSA) is 29.5 Å². The monoisotopic (exact) mass is 312 g/mol. The highest BCUT2D eigenvalue weighted by atomic mass is 79.9. The maximum Gasteiger partial charge on any atom is 0.122 e.